The smallest absolute Gasteiger partial charge is 0.288 e. The number of para-hydroxylation sites is 1. The molecule has 0 spiro atoms. The molecule has 3 aromatic rings. The largest absolute Gasteiger partial charge is 0.379 e. The third-order valence-corrected chi connectivity index (χ3v) is 6.32. The quantitative estimate of drug-likeness (QED) is 0.431. The van der Waals surface area contributed by atoms with Crippen LogP contribution < -0.4 is 10.6 Å². The van der Waals surface area contributed by atoms with Crippen LogP contribution in [0, 0.1) is 0 Å². The lowest BCUT2D eigenvalue weighted by atomic mass is 10.1. The molecule has 1 aliphatic rings. The number of nitrogens with zero attached hydrogens (tertiary/aromatic N) is 2. The van der Waals surface area contributed by atoms with E-state index in [4.69, 9.17) is 4.74 Å². The number of aromatic nitrogens is 1. The normalized spacial score (nSPS) is 14.5. The number of benzene rings is 2. The van der Waals surface area contributed by atoms with Crippen molar-refractivity contribution >= 4 is 45.5 Å². The number of hydrogen-bond donors (Lipinski definition) is 2. The molecule has 1 fully saturated rings. The molecule has 32 heavy (non-hydrogen) atoms. The van der Waals surface area contributed by atoms with Crippen LogP contribution in [-0.2, 0) is 11.3 Å². The van der Waals surface area contributed by atoms with Crippen molar-refractivity contribution in [1.29, 1.82) is 0 Å². The maximum absolute atomic E-state index is 12.9. The van der Waals surface area contributed by atoms with Gasteiger partial charge in [-0.1, -0.05) is 23.9 Å². The van der Waals surface area contributed by atoms with Gasteiger partial charge in [0.1, 0.15) is 0 Å². The number of nitrogens with one attached hydrogen (secondary N) is 2. The number of morpholine rings is 1. The van der Waals surface area contributed by atoms with Crippen LogP contribution in [0.1, 0.15) is 16.1 Å². The van der Waals surface area contributed by atoms with E-state index >= 15 is 0 Å². The summed E-state index contributed by atoms with van der Waals surface area (Å²) in [4.78, 5) is 20.2. The topological polar surface area (TPSA) is 66.5 Å². The van der Waals surface area contributed by atoms with Crippen LogP contribution in [0.25, 0.3) is 0 Å². The van der Waals surface area contributed by atoms with Gasteiger partial charge in [0, 0.05) is 35.6 Å². The molecule has 1 saturated heterocycles. The zero-order valence-electron chi connectivity index (χ0n) is 17.1. The first-order chi connectivity index (χ1) is 15.6. The van der Waals surface area contributed by atoms with E-state index in [-0.39, 0.29) is 5.91 Å². The van der Waals surface area contributed by atoms with E-state index in [1.54, 1.807) is 42.5 Å². The predicted molar refractivity (Wildman–Crippen MR) is 124 cm³/mol. The Morgan fingerprint density at radius 3 is 2.66 bits per heavy atom. The van der Waals surface area contributed by atoms with E-state index in [1.807, 2.05) is 11.4 Å². The van der Waals surface area contributed by atoms with E-state index in [9.17, 15) is 13.6 Å². The highest BCUT2D eigenvalue weighted by Crippen LogP contribution is 2.28. The van der Waals surface area contributed by atoms with Gasteiger partial charge in [-0.2, -0.15) is 8.78 Å². The van der Waals surface area contributed by atoms with E-state index in [1.165, 1.54) is 11.3 Å². The Morgan fingerprint density at radius 1 is 1.16 bits per heavy atom. The second kappa shape index (κ2) is 10.9. The number of carbonyl (C=O) groups excluding carboxylic acids is 1. The van der Waals surface area contributed by atoms with Crippen LogP contribution in [-0.4, -0.2) is 47.9 Å². The van der Waals surface area contributed by atoms with Crippen LogP contribution in [0.3, 0.4) is 0 Å². The second-order valence-electron chi connectivity index (χ2n) is 7.06. The van der Waals surface area contributed by atoms with Gasteiger partial charge in [-0.25, -0.2) is 4.98 Å². The average Bonchev–Trinajstić information content (AvgIpc) is 3.22. The van der Waals surface area contributed by atoms with E-state index < -0.39 is 5.76 Å². The predicted octanol–water partition coefficient (Wildman–Crippen LogP) is 5.29. The minimum absolute atomic E-state index is 0.273. The Hall–Kier alpha value is -2.53. The van der Waals surface area contributed by atoms with Crippen molar-refractivity contribution in [3.63, 3.8) is 0 Å². The molecule has 2 N–H and O–H groups in total. The lowest BCUT2D eigenvalue weighted by Gasteiger charge is -2.25. The molecule has 1 aliphatic heterocycles. The summed E-state index contributed by atoms with van der Waals surface area (Å²) in [5, 5.41) is 8.55. The molecule has 1 amide bonds. The van der Waals surface area contributed by atoms with Gasteiger partial charge >= 0.3 is 0 Å². The van der Waals surface area contributed by atoms with Crippen molar-refractivity contribution in [2.24, 2.45) is 0 Å². The number of ether oxygens (including phenoxy) is 1. The van der Waals surface area contributed by atoms with Gasteiger partial charge in [0.05, 0.1) is 30.2 Å². The highest BCUT2D eigenvalue weighted by Gasteiger charge is 2.16. The maximum atomic E-state index is 12.9. The van der Waals surface area contributed by atoms with Gasteiger partial charge in [0.2, 0.25) is 0 Å². The summed E-state index contributed by atoms with van der Waals surface area (Å²) in [6.45, 7) is 3.93. The summed E-state index contributed by atoms with van der Waals surface area (Å²) in [6, 6.07) is 13.8. The summed E-state index contributed by atoms with van der Waals surface area (Å²) in [7, 11) is 0. The highest BCUT2D eigenvalue weighted by atomic mass is 32.2. The number of hydrogen-bond acceptors (Lipinski definition) is 7. The van der Waals surface area contributed by atoms with Crippen LogP contribution in [0.5, 0.6) is 0 Å². The van der Waals surface area contributed by atoms with Crippen molar-refractivity contribution in [2.75, 3.05) is 36.9 Å². The molecule has 4 rings (SSSR count). The fraction of sp³-hybridized carbons (Fsp3) is 0.273. The molecular formula is C22H22F2N4O2S2. The van der Waals surface area contributed by atoms with Crippen molar-refractivity contribution in [1.82, 2.24) is 9.88 Å². The number of anilines is 3. The molecule has 0 aliphatic carbocycles. The van der Waals surface area contributed by atoms with Gasteiger partial charge in [-0.3, -0.25) is 15.0 Å². The minimum Gasteiger partial charge on any atom is -0.379 e. The zero-order chi connectivity index (χ0) is 22.3. The van der Waals surface area contributed by atoms with Gasteiger partial charge in [-0.15, -0.1) is 11.3 Å². The van der Waals surface area contributed by atoms with Gasteiger partial charge in [0.15, 0.2) is 5.13 Å². The Morgan fingerprint density at radius 2 is 1.91 bits per heavy atom. The van der Waals surface area contributed by atoms with Crippen LogP contribution in [0.15, 0.2) is 58.8 Å². The molecule has 2 aromatic carbocycles. The summed E-state index contributed by atoms with van der Waals surface area (Å²) >= 11 is 1.89. The van der Waals surface area contributed by atoms with Gasteiger partial charge in [0.25, 0.3) is 11.7 Å². The van der Waals surface area contributed by atoms with Gasteiger partial charge < -0.3 is 10.1 Å². The first-order valence-corrected chi connectivity index (χ1v) is 11.8. The monoisotopic (exact) mass is 476 g/mol. The van der Waals surface area contributed by atoms with Crippen molar-refractivity contribution in [3.05, 3.63) is 65.2 Å². The molecule has 6 nitrogen and oxygen atoms in total. The molecule has 1 aromatic heterocycles. The molecule has 0 unspecified atom stereocenters. The standard InChI is InChI=1S/C22H22F2N4O2S2/c23-21(24)32-17-7-5-15(6-8-17)25-19-4-2-1-3-18(19)20(29)27-22-26-16(14-31-22)13-28-9-11-30-12-10-28/h1-8,14,21,25H,9-13H2,(H,26,27,29). The highest BCUT2D eigenvalue weighted by molar-refractivity contribution is 7.99. The van der Waals surface area contributed by atoms with Crippen LogP contribution in [0.2, 0.25) is 0 Å². The third kappa shape index (κ3) is 6.26. The number of rotatable bonds is 8. The molecular weight excluding hydrogens is 454 g/mol. The number of thioether (sulfide) groups is 1. The molecule has 0 saturated carbocycles. The van der Waals surface area contributed by atoms with Crippen molar-refractivity contribution in [3.8, 4) is 0 Å². The number of halogens is 2. The Kier molecular flexibility index (Phi) is 7.69. The number of carbonyl (C=O) groups is 1. The fourth-order valence-corrected chi connectivity index (χ4v) is 4.45. The lowest BCUT2D eigenvalue weighted by Crippen LogP contribution is -2.35. The molecule has 2 heterocycles. The zero-order valence-corrected chi connectivity index (χ0v) is 18.7. The molecule has 0 atom stereocenters. The fourth-order valence-electron chi connectivity index (χ4n) is 3.26. The third-order valence-electron chi connectivity index (χ3n) is 4.79. The Bertz CT molecular complexity index is 1040. The number of alkyl halides is 2. The van der Waals surface area contributed by atoms with Crippen molar-refractivity contribution < 1.29 is 18.3 Å². The first kappa shape index (κ1) is 22.7. The van der Waals surface area contributed by atoms with E-state index in [2.05, 4.69) is 20.5 Å². The maximum Gasteiger partial charge on any atom is 0.288 e. The minimum atomic E-state index is -2.46. The second-order valence-corrected chi connectivity index (χ2v) is 8.98. The lowest BCUT2D eigenvalue weighted by molar-refractivity contribution is 0.0337. The summed E-state index contributed by atoms with van der Waals surface area (Å²) in [5.41, 5.74) is 2.69. The average molecular weight is 477 g/mol. The van der Waals surface area contributed by atoms with E-state index in [0.29, 0.717) is 38.7 Å². The molecule has 168 valence electrons. The number of amides is 1. The first-order valence-electron chi connectivity index (χ1n) is 10.0. The SMILES string of the molecule is O=C(Nc1nc(CN2CCOCC2)cs1)c1ccccc1Nc1ccc(SC(F)F)cc1. The Balaban J connectivity index is 1.40. The molecule has 10 heteroatoms. The number of thiazole rings is 1. The molecule has 0 bridgehead atoms. The van der Waals surface area contributed by atoms with Gasteiger partial charge in [-0.05, 0) is 36.4 Å². The van der Waals surface area contributed by atoms with Crippen LogP contribution in [0.4, 0.5) is 25.3 Å². The summed E-state index contributed by atoms with van der Waals surface area (Å²) in [5.74, 6) is -2.73. The molecule has 0 radical (unpaired) electrons. The van der Waals surface area contributed by atoms with E-state index in [0.717, 1.165) is 38.5 Å². The van der Waals surface area contributed by atoms with Crippen LogP contribution >= 0.6 is 23.1 Å². The summed E-state index contributed by atoms with van der Waals surface area (Å²) in [6.07, 6.45) is 0. The summed E-state index contributed by atoms with van der Waals surface area (Å²) < 4.78 is 30.4. The Labute approximate surface area is 193 Å². The van der Waals surface area contributed by atoms with Crippen molar-refractivity contribution in [2.45, 2.75) is 17.2 Å².